The number of likely N-dealkylation sites (tertiary alicyclic amines) is 1. The third kappa shape index (κ3) is 3.14. The van der Waals surface area contributed by atoms with Gasteiger partial charge >= 0.3 is 0 Å². The summed E-state index contributed by atoms with van der Waals surface area (Å²) in [5, 5.41) is 4.61. The Morgan fingerprint density at radius 1 is 1.19 bits per heavy atom. The van der Waals surface area contributed by atoms with E-state index in [0.29, 0.717) is 6.54 Å². The first kappa shape index (κ1) is 16.6. The summed E-state index contributed by atoms with van der Waals surface area (Å²) >= 11 is 0. The normalized spacial score (nSPS) is 17.5. The number of imidazole rings is 1. The molecular weight excluding hydrogens is 326 g/mol. The molecule has 1 aliphatic heterocycles. The molecule has 6 heteroatoms. The molecule has 0 saturated carbocycles. The van der Waals surface area contributed by atoms with E-state index in [1.165, 1.54) is 0 Å². The summed E-state index contributed by atoms with van der Waals surface area (Å²) in [6, 6.07) is 10.0. The Kier molecular flexibility index (Phi) is 4.32. The highest BCUT2D eigenvalue weighted by atomic mass is 16.2. The number of carbonyl (C=O) groups excluding carboxylic acids is 1. The number of aryl methyl sites for hydroxylation is 2. The molecule has 4 rings (SSSR count). The first-order valence-electron chi connectivity index (χ1n) is 9.02. The molecule has 26 heavy (non-hydrogen) atoms. The Bertz CT molecular complexity index is 895. The zero-order chi connectivity index (χ0) is 18.1. The van der Waals surface area contributed by atoms with Crippen molar-refractivity contribution in [2.75, 3.05) is 13.1 Å². The molecule has 1 amide bonds. The molecule has 3 aromatic rings. The van der Waals surface area contributed by atoms with Gasteiger partial charge in [-0.1, -0.05) is 0 Å². The van der Waals surface area contributed by atoms with E-state index in [-0.39, 0.29) is 11.9 Å². The molecule has 0 aliphatic carbocycles. The monoisotopic (exact) mass is 349 g/mol. The zero-order valence-electron chi connectivity index (χ0n) is 15.2. The van der Waals surface area contributed by atoms with Crippen LogP contribution in [0.3, 0.4) is 0 Å². The lowest BCUT2D eigenvalue weighted by Crippen LogP contribution is -2.41. The van der Waals surface area contributed by atoms with Crippen molar-refractivity contribution < 1.29 is 4.79 Å². The van der Waals surface area contributed by atoms with E-state index in [1.54, 1.807) is 12.5 Å². The lowest BCUT2D eigenvalue weighted by atomic mass is 10.0. The molecule has 1 saturated heterocycles. The number of nitrogens with zero attached hydrogens (tertiary/aromatic N) is 5. The van der Waals surface area contributed by atoms with Crippen molar-refractivity contribution in [1.82, 2.24) is 24.2 Å². The maximum atomic E-state index is 12.9. The smallest absolute Gasteiger partial charge is 0.253 e. The van der Waals surface area contributed by atoms with Crippen LogP contribution in [0.2, 0.25) is 0 Å². The van der Waals surface area contributed by atoms with E-state index < -0.39 is 0 Å². The molecule has 0 N–H and O–H groups in total. The van der Waals surface area contributed by atoms with Crippen molar-refractivity contribution in [2.45, 2.75) is 32.7 Å². The first-order chi connectivity index (χ1) is 12.6. The van der Waals surface area contributed by atoms with Crippen LogP contribution in [0.25, 0.3) is 5.69 Å². The van der Waals surface area contributed by atoms with E-state index in [2.05, 4.69) is 27.8 Å². The minimum Gasteiger partial charge on any atom is -0.337 e. The third-order valence-corrected chi connectivity index (χ3v) is 4.99. The SMILES string of the molecule is Cc1cc(C)n(C2CCCN(C(=O)c3ccc(-n4ccnc4)cc3)C2)n1. The summed E-state index contributed by atoms with van der Waals surface area (Å²) in [4.78, 5) is 19.0. The molecule has 3 heterocycles. The Balaban J connectivity index is 1.50. The quantitative estimate of drug-likeness (QED) is 0.730. The predicted molar refractivity (Wildman–Crippen MR) is 99.4 cm³/mol. The van der Waals surface area contributed by atoms with Crippen LogP contribution in [-0.2, 0) is 0 Å². The van der Waals surface area contributed by atoms with E-state index in [4.69, 9.17) is 0 Å². The average molecular weight is 349 g/mol. The van der Waals surface area contributed by atoms with Crippen LogP contribution >= 0.6 is 0 Å². The largest absolute Gasteiger partial charge is 0.337 e. The minimum atomic E-state index is 0.0911. The summed E-state index contributed by atoms with van der Waals surface area (Å²) in [6.07, 6.45) is 7.44. The van der Waals surface area contributed by atoms with Gasteiger partial charge in [-0.2, -0.15) is 5.10 Å². The summed E-state index contributed by atoms with van der Waals surface area (Å²) in [7, 11) is 0. The molecule has 0 spiro atoms. The molecule has 0 bridgehead atoms. The number of aromatic nitrogens is 4. The fraction of sp³-hybridized carbons (Fsp3) is 0.350. The van der Waals surface area contributed by atoms with Gasteiger partial charge in [-0.05, 0) is 57.0 Å². The Hall–Kier alpha value is -2.89. The van der Waals surface area contributed by atoms with Gasteiger partial charge in [0.25, 0.3) is 5.91 Å². The lowest BCUT2D eigenvalue weighted by molar-refractivity contribution is 0.0671. The molecule has 1 aromatic carbocycles. The van der Waals surface area contributed by atoms with Gasteiger partial charge in [0.1, 0.15) is 0 Å². The number of hydrogen-bond donors (Lipinski definition) is 0. The molecule has 1 aliphatic rings. The number of rotatable bonds is 3. The van der Waals surface area contributed by atoms with Gasteiger partial charge in [0.15, 0.2) is 0 Å². The number of benzene rings is 1. The minimum absolute atomic E-state index is 0.0911. The van der Waals surface area contributed by atoms with Gasteiger partial charge in [-0.25, -0.2) is 4.98 Å². The molecular formula is C20H23N5O. The Morgan fingerprint density at radius 2 is 2.00 bits per heavy atom. The number of piperidine rings is 1. The third-order valence-electron chi connectivity index (χ3n) is 4.99. The molecule has 2 aromatic heterocycles. The van der Waals surface area contributed by atoms with Gasteiger partial charge < -0.3 is 9.47 Å². The molecule has 0 radical (unpaired) electrons. The molecule has 1 unspecified atom stereocenters. The van der Waals surface area contributed by atoms with Gasteiger partial charge in [0.05, 0.1) is 18.1 Å². The van der Waals surface area contributed by atoms with Crippen LogP contribution in [0.15, 0.2) is 49.1 Å². The maximum absolute atomic E-state index is 12.9. The van der Waals surface area contributed by atoms with E-state index in [1.807, 2.05) is 46.9 Å². The van der Waals surface area contributed by atoms with Crippen molar-refractivity contribution in [1.29, 1.82) is 0 Å². The van der Waals surface area contributed by atoms with Gasteiger partial charge in [-0.15, -0.1) is 0 Å². The zero-order valence-corrected chi connectivity index (χ0v) is 15.2. The Morgan fingerprint density at radius 3 is 2.65 bits per heavy atom. The van der Waals surface area contributed by atoms with Gasteiger partial charge in [-0.3, -0.25) is 9.48 Å². The summed E-state index contributed by atoms with van der Waals surface area (Å²) in [5.41, 5.74) is 3.91. The Labute approximate surface area is 153 Å². The van der Waals surface area contributed by atoms with Crippen LogP contribution in [0, 0.1) is 13.8 Å². The van der Waals surface area contributed by atoms with E-state index in [0.717, 1.165) is 42.0 Å². The molecule has 1 atom stereocenters. The van der Waals surface area contributed by atoms with Crippen molar-refractivity contribution in [3.63, 3.8) is 0 Å². The van der Waals surface area contributed by atoms with Crippen LogP contribution in [0.4, 0.5) is 0 Å². The highest BCUT2D eigenvalue weighted by Gasteiger charge is 2.26. The fourth-order valence-corrected chi connectivity index (χ4v) is 3.73. The van der Waals surface area contributed by atoms with Crippen LogP contribution in [-0.4, -0.2) is 43.2 Å². The van der Waals surface area contributed by atoms with Crippen LogP contribution in [0.1, 0.15) is 40.6 Å². The van der Waals surface area contributed by atoms with Crippen LogP contribution in [0.5, 0.6) is 0 Å². The summed E-state index contributed by atoms with van der Waals surface area (Å²) in [6.45, 7) is 5.61. The second-order valence-electron chi connectivity index (χ2n) is 6.94. The van der Waals surface area contributed by atoms with Crippen molar-refractivity contribution in [3.05, 3.63) is 66.0 Å². The van der Waals surface area contributed by atoms with Gasteiger partial charge in [0, 0.05) is 42.4 Å². The van der Waals surface area contributed by atoms with Crippen molar-refractivity contribution in [2.24, 2.45) is 0 Å². The van der Waals surface area contributed by atoms with Crippen molar-refractivity contribution in [3.8, 4) is 5.69 Å². The number of hydrogen-bond acceptors (Lipinski definition) is 3. The standard InChI is InChI=1S/C20H23N5O/c1-15-12-16(2)25(22-15)19-4-3-10-23(13-19)20(26)17-5-7-18(8-6-17)24-11-9-21-14-24/h5-9,11-12,14,19H,3-4,10,13H2,1-2H3. The fourth-order valence-electron chi connectivity index (χ4n) is 3.73. The van der Waals surface area contributed by atoms with Gasteiger partial charge in [0.2, 0.25) is 0 Å². The van der Waals surface area contributed by atoms with Crippen molar-refractivity contribution >= 4 is 5.91 Å². The molecule has 1 fully saturated rings. The summed E-state index contributed by atoms with van der Waals surface area (Å²) in [5.74, 6) is 0.0911. The predicted octanol–water partition coefficient (Wildman–Crippen LogP) is 3.16. The second-order valence-corrected chi connectivity index (χ2v) is 6.94. The lowest BCUT2D eigenvalue weighted by Gasteiger charge is -2.33. The first-order valence-corrected chi connectivity index (χ1v) is 9.02. The molecule has 134 valence electrons. The number of carbonyl (C=O) groups is 1. The van der Waals surface area contributed by atoms with E-state index in [9.17, 15) is 4.79 Å². The highest BCUT2D eigenvalue weighted by Crippen LogP contribution is 2.24. The molecule has 6 nitrogen and oxygen atoms in total. The topological polar surface area (TPSA) is 56.0 Å². The average Bonchev–Trinajstić information content (AvgIpc) is 3.31. The maximum Gasteiger partial charge on any atom is 0.253 e. The summed E-state index contributed by atoms with van der Waals surface area (Å²) < 4.78 is 4.00. The highest BCUT2D eigenvalue weighted by molar-refractivity contribution is 5.94. The number of amides is 1. The van der Waals surface area contributed by atoms with Crippen LogP contribution < -0.4 is 0 Å². The second kappa shape index (κ2) is 6.78. The van der Waals surface area contributed by atoms with E-state index >= 15 is 0 Å².